The van der Waals surface area contributed by atoms with E-state index >= 15 is 0 Å². The van der Waals surface area contributed by atoms with E-state index in [0.717, 1.165) is 32.7 Å². The van der Waals surface area contributed by atoms with Crippen molar-refractivity contribution in [2.75, 3.05) is 26.2 Å². The van der Waals surface area contributed by atoms with Crippen LogP contribution in [0.15, 0.2) is 71.6 Å². The molecule has 0 aliphatic carbocycles. The molecule has 2 aromatic carbocycles. The summed E-state index contributed by atoms with van der Waals surface area (Å²) in [5, 5.41) is 2.16. The summed E-state index contributed by atoms with van der Waals surface area (Å²) in [7, 11) is 0. The Morgan fingerprint density at radius 1 is 0.840 bits per heavy atom. The number of hydrogen-bond donors (Lipinski definition) is 0. The molecule has 0 N–H and O–H groups in total. The number of piperazine rings is 1. The van der Waals surface area contributed by atoms with Crippen LogP contribution >= 0.6 is 11.3 Å². The van der Waals surface area contributed by atoms with E-state index in [2.05, 4.69) is 80.8 Å². The van der Waals surface area contributed by atoms with Crippen LogP contribution in [0.2, 0.25) is 0 Å². The molecule has 2 heterocycles. The molecule has 128 valence electrons. The molecule has 0 spiro atoms. The van der Waals surface area contributed by atoms with Crippen LogP contribution in [0.3, 0.4) is 0 Å². The molecule has 3 aromatic rings. The first-order valence-corrected chi connectivity index (χ1v) is 9.78. The van der Waals surface area contributed by atoms with Gasteiger partial charge in [-0.15, -0.1) is 11.3 Å². The van der Waals surface area contributed by atoms with Crippen LogP contribution in [0.25, 0.3) is 0 Å². The normalized spacial score (nSPS) is 16.4. The minimum atomic E-state index is 0.337. The van der Waals surface area contributed by atoms with Crippen LogP contribution in [-0.4, -0.2) is 41.0 Å². The number of thiazole rings is 1. The highest BCUT2D eigenvalue weighted by Crippen LogP contribution is 2.29. The fraction of sp³-hybridized carbons (Fsp3) is 0.286. The second kappa shape index (κ2) is 7.91. The van der Waals surface area contributed by atoms with Gasteiger partial charge in [0.1, 0.15) is 0 Å². The van der Waals surface area contributed by atoms with Gasteiger partial charge in [0.15, 0.2) is 0 Å². The third-order valence-electron chi connectivity index (χ3n) is 4.87. The van der Waals surface area contributed by atoms with Crippen LogP contribution in [-0.2, 0) is 6.54 Å². The van der Waals surface area contributed by atoms with Crippen molar-refractivity contribution < 1.29 is 0 Å². The molecule has 0 atom stereocenters. The first kappa shape index (κ1) is 16.5. The molecule has 3 nitrogen and oxygen atoms in total. The van der Waals surface area contributed by atoms with Crippen LogP contribution in [0.5, 0.6) is 0 Å². The number of hydrogen-bond acceptors (Lipinski definition) is 4. The average Bonchev–Trinajstić information content (AvgIpc) is 3.18. The Balaban J connectivity index is 1.49. The molecular formula is C21H23N3S. The summed E-state index contributed by atoms with van der Waals surface area (Å²) in [6.07, 6.45) is 0. The second-order valence-electron chi connectivity index (χ2n) is 6.52. The van der Waals surface area contributed by atoms with Gasteiger partial charge < -0.3 is 0 Å². The van der Waals surface area contributed by atoms with Gasteiger partial charge in [-0.2, -0.15) is 0 Å². The van der Waals surface area contributed by atoms with Gasteiger partial charge in [-0.1, -0.05) is 60.7 Å². The summed E-state index contributed by atoms with van der Waals surface area (Å²) in [6.45, 7) is 5.32. The molecule has 1 aliphatic rings. The van der Waals surface area contributed by atoms with Crippen molar-refractivity contribution in [3.05, 3.63) is 88.4 Å². The fourth-order valence-electron chi connectivity index (χ4n) is 3.61. The smallest absolute Gasteiger partial charge is 0.0795 e. The Hall–Kier alpha value is -2.01. The molecule has 1 saturated heterocycles. The highest BCUT2D eigenvalue weighted by Gasteiger charge is 2.26. The molecule has 1 aliphatic heterocycles. The van der Waals surface area contributed by atoms with E-state index in [1.165, 1.54) is 16.8 Å². The first-order valence-electron chi connectivity index (χ1n) is 8.83. The highest BCUT2D eigenvalue weighted by atomic mass is 32.1. The Bertz CT molecular complexity index is 711. The van der Waals surface area contributed by atoms with Gasteiger partial charge in [-0.25, -0.2) is 4.98 Å². The molecule has 25 heavy (non-hydrogen) atoms. The summed E-state index contributed by atoms with van der Waals surface area (Å²) in [5.41, 5.74) is 5.87. The van der Waals surface area contributed by atoms with Crippen molar-refractivity contribution in [1.82, 2.24) is 14.8 Å². The van der Waals surface area contributed by atoms with Crippen molar-refractivity contribution in [2.45, 2.75) is 12.6 Å². The zero-order valence-electron chi connectivity index (χ0n) is 14.3. The van der Waals surface area contributed by atoms with Gasteiger partial charge in [0.25, 0.3) is 0 Å². The summed E-state index contributed by atoms with van der Waals surface area (Å²) < 4.78 is 0. The van der Waals surface area contributed by atoms with E-state index in [1.54, 1.807) is 11.3 Å². The second-order valence-corrected chi connectivity index (χ2v) is 7.23. The highest BCUT2D eigenvalue weighted by molar-refractivity contribution is 7.07. The summed E-state index contributed by atoms with van der Waals surface area (Å²) in [6, 6.07) is 22.1. The standard InChI is InChI=1S/C21H23N3S/c1-3-7-18(8-4-1)21(19-9-5-2-6-10-19)24-13-11-23(12-14-24)15-20-16-25-17-22-20/h1-10,16-17,21H,11-15H2. The monoisotopic (exact) mass is 349 g/mol. The minimum Gasteiger partial charge on any atom is -0.295 e. The first-order chi connectivity index (χ1) is 12.4. The predicted octanol–water partition coefficient (Wildman–Crippen LogP) is 4.05. The molecule has 0 amide bonds. The third-order valence-corrected chi connectivity index (χ3v) is 5.51. The van der Waals surface area contributed by atoms with Gasteiger partial charge in [-0.3, -0.25) is 9.80 Å². The van der Waals surface area contributed by atoms with E-state index < -0.39 is 0 Å². The number of nitrogens with zero attached hydrogens (tertiary/aromatic N) is 3. The van der Waals surface area contributed by atoms with E-state index in [0.29, 0.717) is 6.04 Å². The van der Waals surface area contributed by atoms with Crippen LogP contribution in [0.1, 0.15) is 22.9 Å². The average molecular weight is 350 g/mol. The van der Waals surface area contributed by atoms with Gasteiger partial charge in [0.05, 0.1) is 17.2 Å². The fourth-order valence-corrected chi connectivity index (χ4v) is 4.16. The van der Waals surface area contributed by atoms with Crippen molar-refractivity contribution >= 4 is 11.3 Å². The van der Waals surface area contributed by atoms with E-state index in [4.69, 9.17) is 0 Å². The Kier molecular flexibility index (Phi) is 5.21. The van der Waals surface area contributed by atoms with Crippen LogP contribution in [0, 0.1) is 0 Å². The maximum absolute atomic E-state index is 4.42. The summed E-state index contributed by atoms with van der Waals surface area (Å²) >= 11 is 1.68. The van der Waals surface area contributed by atoms with Crippen molar-refractivity contribution in [2.24, 2.45) is 0 Å². The topological polar surface area (TPSA) is 19.4 Å². The Labute approximate surface area is 153 Å². The molecule has 0 radical (unpaired) electrons. The lowest BCUT2D eigenvalue weighted by Crippen LogP contribution is -2.47. The lowest BCUT2D eigenvalue weighted by molar-refractivity contribution is 0.104. The van der Waals surface area contributed by atoms with Crippen molar-refractivity contribution in [1.29, 1.82) is 0 Å². The zero-order valence-corrected chi connectivity index (χ0v) is 15.1. The van der Waals surface area contributed by atoms with E-state index in [-0.39, 0.29) is 0 Å². The van der Waals surface area contributed by atoms with E-state index in [9.17, 15) is 0 Å². The number of aromatic nitrogens is 1. The number of benzene rings is 2. The van der Waals surface area contributed by atoms with Gasteiger partial charge in [0.2, 0.25) is 0 Å². The lowest BCUT2D eigenvalue weighted by Gasteiger charge is -2.39. The molecule has 0 unspecified atom stereocenters. The SMILES string of the molecule is c1ccc(C(c2ccccc2)N2CCN(Cc3cscn3)CC2)cc1. The summed E-state index contributed by atoms with van der Waals surface area (Å²) in [5.74, 6) is 0. The molecule has 1 fully saturated rings. The molecule has 1 aromatic heterocycles. The van der Waals surface area contributed by atoms with Gasteiger partial charge in [0, 0.05) is 38.1 Å². The Morgan fingerprint density at radius 3 is 1.96 bits per heavy atom. The minimum absolute atomic E-state index is 0.337. The molecular weight excluding hydrogens is 326 g/mol. The molecule has 4 heteroatoms. The van der Waals surface area contributed by atoms with Crippen molar-refractivity contribution in [3.8, 4) is 0 Å². The van der Waals surface area contributed by atoms with Gasteiger partial charge >= 0.3 is 0 Å². The molecule has 0 bridgehead atoms. The largest absolute Gasteiger partial charge is 0.295 e. The third kappa shape index (κ3) is 3.98. The summed E-state index contributed by atoms with van der Waals surface area (Å²) in [4.78, 5) is 9.55. The van der Waals surface area contributed by atoms with E-state index in [1.807, 2.05) is 5.51 Å². The Morgan fingerprint density at radius 2 is 1.44 bits per heavy atom. The van der Waals surface area contributed by atoms with Crippen LogP contribution in [0.4, 0.5) is 0 Å². The maximum atomic E-state index is 4.42. The predicted molar refractivity (Wildman–Crippen MR) is 104 cm³/mol. The quantitative estimate of drug-likeness (QED) is 0.693. The zero-order chi connectivity index (χ0) is 16.9. The lowest BCUT2D eigenvalue weighted by atomic mass is 9.96. The number of rotatable bonds is 5. The molecule has 4 rings (SSSR count). The van der Waals surface area contributed by atoms with Gasteiger partial charge in [-0.05, 0) is 11.1 Å². The molecule has 0 saturated carbocycles. The maximum Gasteiger partial charge on any atom is 0.0795 e. The van der Waals surface area contributed by atoms with Crippen molar-refractivity contribution in [3.63, 3.8) is 0 Å². The van der Waals surface area contributed by atoms with Crippen LogP contribution < -0.4 is 0 Å².